The first kappa shape index (κ1) is 16.0. The summed E-state index contributed by atoms with van der Waals surface area (Å²) in [5.74, 6) is -0.548. The second-order valence-corrected chi connectivity index (χ2v) is 4.37. The van der Waals surface area contributed by atoms with Crippen molar-refractivity contribution in [3.63, 3.8) is 0 Å². The molecule has 0 radical (unpaired) electrons. The first-order valence-electron chi connectivity index (χ1n) is 6.25. The molecule has 6 heteroatoms. The zero-order valence-corrected chi connectivity index (χ0v) is 11.2. The van der Waals surface area contributed by atoms with Crippen LogP contribution in [0.4, 0.5) is 18.9 Å². The van der Waals surface area contributed by atoms with Gasteiger partial charge < -0.3 is 5.32 Å². The number of benzene rings is 1. The van der Waals surface area contributed by atoms with Crippen LogP contribution < -0.4 is 5.32 Å². The lowest BCUT2D eigenvalue weighted by atomic mass is 10.0. The average molecular weight is 284 g/mol. The van der Waals surface area contributed by atoms with Gasteiger partial charge in [-0.25, -0.2) is 0 Å². The maximum atomic E-state index is 12.8. The fourth-order valence-corrected chi connectivity index (χ4v) is 1.86. The number of nitriles is 1. The van der Waals surface area contributed by atoms with Gasteiger partial charge in [-0.15, -0.1) is 0 Å². The van der Waals surface area contributed by atoms with E-state index in [4.69, 9.17) is 5.26 Å². The van der Waals surface area contributed by atoms with Gasteiger partial charge in [0.25, 0.3) is 0 Å². The summed E-state index contributed by atoms with van der Waals surface area (Å²) in [5.41, 5.74) is -1.45. The van der Waals surface area contributed by atoms with Crippen LogP contribution in [-0.2, 0) is 11.0 Å². The number of amides is 1. The van der Waals surface area contributed by atoms with Gasteiger partial charge in [0, 0.05) is 11.6 Å². The largest absolute Gasteiger partial charge is 0.417 e. The number of anilines is 1. The molecule has 0 atom stereocenters. The fourth-order valence-electron chi connectivity index (χ4n) is 1.86. The predicted octanol–water partition coefficient (Wildman–Crippen LogP) is 3.95. The van der Waals surface area contributed by atoms with Crippen molar-refractivity contribution < 1.29 is 18.0 Å². The maximum Gasteiger partial charge on any atom is 0.417 e. The molecule has 0 aromatic heterocycles. The van der Waals surface area contributed by atoms with Gasteiger partial charge in [-0.3, -0.25) is 4.79 Å². The molecule has 0 unspecified atom stereocenters. The summed E-state index contributed by atoms with van der Waals surface area (Å²) in [4.78, 5) is 11.8. The van der Waals surface area contributed by atoms with Crippen molar-refractivity contribution in [3.8, 4) is 6.07 Å². The summed E-state index contributed by atoms with van der Waals surface area (Å²) in [6, 6.07) is 4.65. The molecule has 0 spiro atoms. The Balaban J connectivity index is 3.05. The highest BCUT2D eigenvalue weighted by Crippen LogP contribution is 2.33. The van der Waals surface area contributed by atoms with Gasteiger partial charge in [0.2, 0.25) is 5.91 Å². The van der Waals surface area contributed by atoms with E-state index >= 15 is 0 Å². The molecule has 0 aliphatic heterocycles. The van der Waals surface area contributed by atoms with E-state index in [1.807, 2.05) is 13.8 Å². The summed E-state index contributed by atoms with van der Waals surface area (Å²) in [6.07, 6.45) is -3.39. The number of hydrogen-bond acceptors (Lipinski definition) is 2. The Morgan fingerprint density at radius 3 is 2.40 bits per heavy atom. The molecule has 20 heavy (non-hydrogen) atoms. The molecular weight excluding hydrogens is 269 g/mol. The van der Waals surface area contributed by atoms with Crippen LogP contribution in [-0.4, -0.2) is 5.91 Å². The average Bonchev–Trinajstić information content (AvgIpc) is 2.39. The number of nitrogens with one attached hydrogen (secondary N) is 1. The Morgan fingerprint density at radius 2 is 1.95 bits per heavy atom. The van der Waals surface area contributed by atoms with Crippen molar-refractivity contribution in [1.29, 1.82) is 5.26 Å². The second-order valence-electron chi connectivity index (χ2n) is 4.37. The van der Waals surface area contributed by atoms with E-state index in [0.717, 1.165) is 12.1 Å². The van der Waals surface area contributed by atoms with Crippen molar-refractivity contribution in [3.05, 3.63) is 29.3 Å². The van der Waals surface area contributed by atoms with Crippen LogP contribution in [0.2, 0.25) is 0 Å². The van der Waals surface area contributed by atoms with Crippen LogP contribution in [0, 0.1) is 17.2 Å². The van der Waals surface area contributed by atoms with Crippen molar-refractivity contribution >= 4 is 11.6 Å². The van der Waals surface area contributed by atoms with Crippen LogP contribution in [0.3, 0.4) is 0 Å². The molecule has 0 aliphatic carbocycles. The minimum absolute atomic E-state index is 0.0493. The molecule has 1 rings (SSSR count). The Morgan fingerprint density at radius 1 is 1.35 bits per heavy atom. The Bertz CT molecular complexity index is 528. The summed E-state index contributed by atoms with van der Waals surface area (Å²) in [6.45, 7) is 3.68. The van der Waals surface area contributed by atoms with E-state index in [9.17, 15) is 18.0 Å². The summed E-state index contributed by atoms with van der Waals surface area (Å²) >= 11 is 0. The number of hydrogen-bond donors (Lipinski definition) is 1. The number of carbonyl (C=O) groups excluding carboxylic acids is 1. The highest BCUT2D eigenvalue weighted by molar-refractivity contribution is 5.92. The van der Waals surface area contributed by atoms with Crippen molar-refractivity contribution in [1.82, 2.24) is 0 Å². The van der Waals surface area contributed by atoms with Crippen molar-refractivity contribution in [2.45, 2.75) is 32.9 Å². The van der Waals surface area contributed by atoms with E-state index in [1.165, 1.54) is 12.1 Å². The third-order valence-corrected chi connectivity index (χ3v) is 3.07. The summed E-state index contributed by atoms with van der Waals surface area (Å²) in [5, 5.41) is 11.1. The second kappa shape index (κ2) is 6.42. The fraction of sp³-hybridized carbons (Fsp3) is 0.429. The molecule has 0 saturated carbocycles. The maximum absolute atomic E-state index is 12.8. The normalized spacial score (nSPS) is 11.2. The van der Waals surface area contributed by atoms with E-state index in [-0.39, 0.29) is 17.5 Å². The standard InChI is InChI=1S/C14H15F3N2O/c1-3-9(4-2)13(20)19-11-6-5-10(8-18)12(7-11)14(15,16)17/h5-7,9H,3-4H2,1-2H3,(H,19,20). The number of carbonyl (C=O) groups is 1. The Hall–Kier alpha value is -2.03. The first-order chi connectivity index (χ1) is 9.33. The van der Waals surface area contributed by atoms with Crippen molar-refractivity contribution in [2.24, 2.45) is 5.92 Å². The summed E-state index contributed by atoms with van der Waals surface area (Å²) < 4.78 is 38.3. The minimum atomic E-state index is -4.62. The molecule has 0 fully saturated rings. The molecule has 1 aromatic rings. The van der Waals surface area contributed by atoms with Gasteiger partial charge in [-0.05, 0) is 31.0 Å². The Kier molecular flexibility index (Phi) is 5.14. The number of alkyl halides is 3. The van der Waals surface area contributed by atoms with E-state index in [2.05, 4.69) is 5.32 Å². The lowest BCUT2D eigenvalue weighted by Gasteiger charge is -2.15. The van der Waals surface area contributed by atoms with Gasteiger partial charge in [-0.2, -0.15) is 18.4 Å². The molecule has 0 bridgehead atoms. The van der Waals surface area contributed by atoms with Crippen LogP contribution in [0.15, 0.2) is 18.2 Å². The topological polar surface area (TPSA) is 52.9 Å². The zero-order valence-electron chi connectivity index (χ0n) is 11.2. The Labute approximate surface area is 115 Å². The first-order valence-corrected chi connectivity index (χ1v) is 6.25. The highest BCUT2D eigenvalue weighted by atomic mass is 19.4. The molecule has 1 aromatic carbocycles. The number of halogens is 3. The quantitative estimate of drug-likeness (QED) is 0.910. The van der Waals surface area contributed by atoms with Gasteiger partial charge in [0.1, 0.15) is 0 Å². The molecule has 0 saturated heterocycles. The van der Waals surface area contributed by atoms with Gasteiger partial charge in [-0.1, -0.05) is 13.8 Å². The van der Waals surface area contributed by atoms with E-state index < -0.39 is 17.3 Å². The molecule has 0 heterocycles. The molecule has 1 N–H and O–H groups in total. The zero-order chi connectivity index (χ0) is 15.3. The molecule has 3 nitrogen and oxygen atoms in total. The van der Waals surface area contributed by atoms with Crippen LogP contribution in [0.5, 0.6) is 0 Å². The molecule has 1 amide bonds. The van der Waals surface area contributed by atoms with Gasteiger partial charge >= 0.3 is 6.18 Å². The van der Waals surface area contributed by atoms with Crippen LogP contribution in [0.1, 0.15) is 37.8 Å². The predicted molar refractivity (Wildman–Crippen MR) is 68.9 cm³/mol. The van der Waals surface area contributed by atoms with E-state index in [1.54, 1.807) is 0 Å². The van der Waals surface area contributed by atoms with Gasteiger partial charge in [0.05, 0.1) is 17.2 Å². The molecule has 108 valence electrons. The lowest BCUT2D eigenvalue weighted by molar-refractivity contribution is -0.137. The minimum Gasteiger partial charge on any atom is -0.326 e. The summed E-state index contributed by atoms with van der Waals surface area (Å²) in [7, 11) is 0. The molecule has 0 aliphatic rings. The van der Waals surface area contributed by atoms with E-state index in [0.29, 0.717) is 12.8 Å². The van der Waals surface area contributed by atoms with Crippen LogP contribution in [0.25, 0.3) is 0 Å². The van der Waals surface area contributed by atoms with Gasteiger partial charge in [0.15, 0.2) is 0 Å². The number of rotatable bonds is 4. The number of nitrogens with zero attached hydrogens (tertiary/aromatic N) is 1. The highest BCUT2D eigenvalue weighted by Gasteiger charge is 2.34. The third kappa shape index (κ3) is 3.73. The van der Waals surface area contributed by atoms with Crippen LogP contribution >= 0.6 is 0 Å². The third-order valence-electron chi connectivity index (χ3n) is 3.07. The monoisotopic (exact) mass is 284 g/mol. The van der Waals surface area contributed by atoms with Crippen molar-refractivity contribution in [2.75, 3.05) is 5.32 Å². The SMILES string of the molecule is CCC(CC)C(=O)Nc1ccc(C#N)c(C(F)(F)F)c1. The molecular formula is C14H15F3N2O. The lowest BCUT2D eigenvalue weighted by Crippen LogP contribution is -2.22. The smallest absolute Gasteiger partial charge is 0.326 e.